The van der Waals surface area contributed by atoms with E-state index in [2.05, 4.69) is 21.2 Å². The molecule has 0 fully saturated rings. The van der Waals surface area contributed by atoms with Crippen molar-refractivity contribution >= 4 is 27.7 Å². The van der Waals surface area contributed by atoms with Crippen LogP contribution in [0.25, 0.3) is 0 Å². The summed E-state index contributed by atoms with van der Waals surface area (Å²) < 4.78 is 6.19. The molecule has 0 bridgehead atoms. The number of nitrogens with one attached hydrogen (secondary N) is 1. The molecule has 0 aromatic carbocycles. The quantitative estimate of drug-likeness (QED) is 0.483. The average Bonchev–Trinajstić information content (AvgIpc) is 2.70. The van der Waals surface area contributed by atoms with Crippen molar-refractivity contribution in [3.63, 3.8) is 0 Å². The monoisotopic (exact) mass is 319 g/mol. The minimum atomic E-state index is -0.534. The summed E-state index contributed by atoms with van der Waals surface area (Å²) in [5.41, 5.74) is 0.240. The Morgan fingerprint density at radius 3 is 2.78 bits per heavy atom. The molecule has 1 amide bonds. The molecule has 100 valence electrons. The van der Waals surface area contributed by atoms with Gasteiger partial charge in [0.2, 0.25) is 0 Å². The highest BCUT2D eigenvalue weighted by Gasteiger charge is 2.22. The van der Waals surface area contributed by atoms with Gasteiger partial charge < -0.3 is 20.2 Å². The van der Waals surface area contributed by atoms with Crippen LogP contribution < -0.4 is 5.32 Å². The maximum Gasteiger partial charge on any atom is 0.323 e. The number of nitro groups is 1. The SMILES string of the molecule is COCC(CBr)NC(=O)c1ccc([N+](=O)[O-])n1C. The fourth-order valence-electron chi connectivity index (χ4n) is 1.50. The molecule has 0 saturated carbocycles. The Labute approximate surface area is 112 Å². The summed E-state index contributed by atoms with van der Waals surface area (Å²) in [6, 6.07) is 2.54. The highest BCUT2D eigenvalue weighted by Crippen LogP contribution is 2.15. The fraction of sp³-hybridized carbons (Fsp3) is 0.500. The Hall–Kier alpha value is -1.41. The van der Waals surface area contributed by atoms with E-state index in [1.165, 1.54) is 30.9 Å². The van der Waals surface area contributed by atoms with Gasteiger partial charge in [-0.1, -0.05) is 15.9 Å². The molecule has 8 heteroatoms. The van der Waals surface area contributed by atoms with E-state index < -0.39 is 4.92 Å². The van der Waals surface area contributed by atoms with Gasteiger partial charge in [0.1, 0.15) is 0 Å². The molecule has 18 heavy (non-hydrogen) atoms. The van der Waals surface area contributed by atoms with E-state index >= 15 is 0 Å². The van der Waals surface area contributed by atoms with Crippen molar-refractivity contribution in [3.8, 4) is 0 Å². The Balaban J connectivity index is 2.81. The third-order valence-electron chi connectivity index (χ3n) is 2.40. The van der Waals surface area contributed by atoms with Gasteiger partial charge in [0.05, 0.1) is 19.7 Å². The number of hydrogen-bond acceptors (Lipinski definition) is 4. The number of amides is 1. The second-order valence-corrected chi connectivity index (χ2v) is 4.32. The molecule has 1 rings (SSSR count). The predicted octanol–water partition coefficient (Wildman–Crippen LogP) is 1.07. The number of nitrogens with zero attached hydrogens (tertiary/aromatic N) is 2. The minimum absolute atomic E-state index is 0.123. The molecule has 1 atom stereocenters. The molecule has 1 aromatic rings. The van der Waals surface area contributed by atoms with Crippen LogP contribution in [0.15, 0.2) is 12.1 Å². The van der Waals surface area contributed by atoms with Gasteiger partial charge in [0, 0.05) is 18.5 Å². The topological polar surface area (TPSA) is 86.4 Å². The van der Waals surface area contributed by atoms with Crippen LogP contribution >= 0.6 is 15.9 Å². The Morgan fingerprint density at radius 2 is 2.33 bits per heavy atom. The number of methoxy groups -OCH3 is 1. The summed E-state index contributed by atoms with van der Waals surface area (Å²) >= 11 is 3.26. The molecule has 0 aliphatic carbocycles. The smallest absolute Gasteiger partial charge is 0.323 e. The summed E-state index contributed by atoms with van der Waals surface area (Å²) in [7, 11) is 3.02. The molecule has 1 aromatic heterocycles. The van der Waals surface area contributed by atoms with E-state index in [4.69, 9.17) is 4.74 Å². The molecule has 0 aliphatic rings. The highest BCUT2D eigenvalue weighted by molar-refractivity contribution is 9.09. The first-order chi connectivity index (χ1) is 8.51. The van der Waals surface area contributed by atoms with E-state index in [9.17, 15) is 14.9 Å². The van der Waals surface area contributed by atoms with Crippen LogP contribution in [-0.4, -0.2) is 40.5 Å². The zero-order valence-electron chi connectivity index (χ0n) is 10.1. The zero-order valence-corrected chi connectivity index (χ0v) is 11.6. The molecule has 1 unspecified atom stereocenters. The van der Waals surface area contributed by atoms with Crippen LogP contribution in [0, 0.1) is 10.1 Å². The lowest BCUT2D eigenvalue weighted by atomic mass is 10.3. The van der Waals surface area contributed by atoms with Crippen molar-refractivity contribution in [2.24, 2.45) is 7.05 Å². The standard InChI is InChI=1S/C10H14BrN3O4/c1-13-8(3-4-9(13)14(16)17)10(15)12-7(5-11)6-18-2/h3-4,7H,5-6H2,1-2H3,(H,12,15). The van der Waals surface area contributed by atoms with Crippen molar-refractivity contribution in [3.05, 3.63) is 27.9 Å². The largest absolute Gasteiger partial charge is 0.383 e. The van der Waals surface area contributed by atoms with Crippen molar-refractivity contribution in [1.29, 1.82) is 0 Å². The van der Waals surface area contributed by atoms with Gasteiger partial charge in [0.15, 0.2) is 5.69 Å². The van der Waals surface area contributed by atoms with Gasteiger partial charge in [-0.15, -0.1) is 0 Å². The van der Waals surface area contributed by atoms with Crippen LogP contribution in [0.3, 0.4) is 0 Å². The molecule has 0 radical (unpaired) electrons. The van der Waals surface area contributed by atoms with E-state index in [1.807, 2.05) is 0 Å². The summed E-state index contributed by atoms with van der Waals surface area (Å²) in [6.45, 7) is 0.365. The number of carbonyl (C=O) groups excluding carboxylic acids is 1. The molecule has 1 N–H and O–H groups in total. The van der Waals surface area contributed by atoms with Gasteiger partial charge in [0.25, 0.3) is 5.91 Å². The first-order valence-corrected chi connectivity index (χ1v) is 6.29. The van der Waals surface area contributed by atoms with Crippen molar-refractivity contribution in [2.75, 3.05) is 19.0 Å². The van der Waals surface area contributed by atoms with Crippen LogP contribution in [0.2, 0.25) is 0 Å². The number of ether oxygens (including phenoxy) is 1. The molecular weight excluding hydrogens is 306 g/mol. The highest BCUT2D eigenvalue weighted by atomic mass is 79.9. The van der Waals surface area contributed by atoms with E-state index in [0.29, 0.717) is 11.9 Å². The molecule has 0 saturated heterocycles. The van der Waals surface area contributed by atoms with Crippen molar-refractivity contribution in [1.82, 2.24) is 9.88 Å². The first-order valence-electron chi connectivity index (χ1n) is 5.17. The lowest BCUT2D eigenvalue weighted by molar-refractivity contribution is -0.391. The Bertz CT molecular complexity index is 446. The van der Waals surface area contributed by atoms with Crippen LogP contribution in [0.5, 0.6) is 0 Å². The summed E-state index contributed by atoms with van der Waals surface area (Å²) in [4.78, 5) is 22.0. The summed E-state index contributed by atoms with van der Waals surface area (Å²) in [5, 5.41) is 13.9. The van der Waals surface area contributed by atoms with Crippen LogP contribution in [0.4, 0.5) is 5.82 Å². The predicted molar refractivity (Wildman–Crippen MR) is 69.0 cm³/mol. The van der Waals surface area contributed by atoms with Gasteiger partial charge in [-0.2, -0.15) is 0 Å². The molecular formula is C10H14BrN3O4. The third-order valence-corrected chi connectivity index (χ3v) is 3.19. The first kappa shape index (κ1) is 14.7. The lowest BCUT2D eigenvalue weighted by Gasteiger charge is -2.14. The Kier molecular flexibility index (Phi) is 5.29. The molecule has 7 nitrogen and oxygen atoms in total. The van der Waals surface area contributed by atoms with Gasteiger partial charge in [-0.05, 0) is 11.0 Å². The average molecular weight is 320 g/mol. The zero-order chi connectivity index (χ0) is 13.7. The van der Waals surface area contributed by atoms with Gasteiger partial charge in [-0.3, -0.25) is 4.79 Å². The Morgan fingerprint density at radius 1 is 1.67 bits per heavy atom. The number of carbonyl (C=O) groups is 1. The van der Waals surface area contributed by atoms with Crippen molar-refractivity contribution < 1.29 is 14.5 Å². The van der Waals surface area contributed by atoms with Crippen LogP contribution in [-0.2, 0) is 11.8 Å². The maximum atomic E-state index is 11.9. The number of halogens is 1. The molecule has 0 spiro atoms. The normalized spacial score (nSPS) is 12.2. The third kappa shape index (κ3) is 3.30. The second kappa shape index (κ2) is 6.50. The minimum Gasteiger partial charge on any atom is -0.383 e. The number of hydrogen-bond donors (Lipinski definition) is 1. The summed E-state index contributed by atoms with van der Waals surface area (Å²) in [5.74, 6) is -0.491. The lowest BCUT2D eigenvalue weighted by Crippen LogP contribution is -2.39. The van der Waals surface area contributed by atoms with Gasteiger partial charge >= 0.3 is 5.82 Å². The van der Waals surface area contributed by atoms with E-state index in [-0.39, 0.29) is 23.5 Å². The van der Waals surface area contributed by atoms with Gasteiger partial charge in [-0.25, -0.2) is 4.57 Å². The van der Waals surface area contributed by atoms with Crippen molar-refractivity contribution in [2.45, 2.75) is 6.04 Å². The number of rotatable bonds is 6. The number of aromatic nitrogens is 1. The number of alkyl halides is 1. The van der Waals surface area contributed by atoms with Crippen LogP contribution in [0.1, 0.15) is 10.5 Å². The fourth-order valence-corrected chi connectivity index (χ4v) is 1.85. The maximum absolute atomic E-state index is 11.9. The molecule has 0 aliphatic heterocycles. The second-order valence-electron chi connectivity index (χ2n) is 3.67. The van der Waals surface area contributed by atoms with E-state index in [0.717, 1.165) is 0 Å². The summed E-state index contributed by atoms with van der Waals surface area (Å²) in [6.07, 6.45) is 0. The molecule has 1 heterocycles. The van der Waals surface area contributed by atoms with E-state index in [1.54, 1.807) is 0 Å².